The standard InChI is InChI=1S/C9H15N3O3/c1-14-7-5-11-8(6(13)3-4-10)9(12-7)15-2/h5-6,13H,3-4,10H2,1-2H3. The molecule has 1 rings (SSSR count). The van der Waals surface area contributed by atoms with Crippen LogP contribution in [0.1, 0.15) is 18.2 Å². The normalized spacial score (nSPS) is 12.3. The summed E-state index contributed by atoms with van der Waals surface area (Å²) in [5.74, 6) is 0.603. The summed E-state index contributed by atoms with van der Waals surface area (Å²) in [5.41, 5.74) is 5.72. The first-order valence-corrected chi connectivity index (χ1v) is 4.56. The van der Waals surface area contributed by atoms with Crippen molar-refractivity contribution in [3.05, 3.63) is 11.9 Å². The third kappa shape index (κ3) is 2.77. The van der Waals surface area contributed by atoms with Crippen molar-refractivity contribution in [1.82, 2.24) is 9.97 Å². The predicted molar refractivity (Wildman–Crippen MR) is 53.8 cm³/mol. The highest BCUT2D eigenvalue weighted by Crippen LogP contribution is 2.24. The van der Waals surface area contributed by atoms with E-state index in [2.05, 4.69) is 9.97 Å². The van der Waals surface area contributed by atoms with Crippen LogP contribution in [0.3, 0.4) is 0 Å². The van der Waals surface area contributed by atoms with Gasteiger partial charge in [0.25, 0.3) is 0 Å². The quantitative estimate of drug-likeness (QED) is 0.708. The molecule has 6 heteroatoms. The molecule has 0 spiro atoms. The van der Waals surface area contributed by atoms with Crippen molar-refractivity contribution in [2.45, 2.75) is 12.5 Å². The number of hydrogen-bond donors (Lipinski definition) is 2. The van der Waals surface area contributed by atoms with Gasteiger partial charge in [0.2, 0.25) is 11.8 Å². The zero-order chi connectivity index (χ0) is 11.3. The maximum atomic E-state index is 9.69. The van der Waals surface area contributed by atoms with Crippen molar-refractivity contribution >= 4 is 0 Å². The summed E-state index contributed by atoms with van der Waals surface area (Å²) in [4.78, 5) is 8.03. The van der Waals surface area contributed by atoms with Crippen LogP contribution in [-0.2, 0) is 0 Å². The second-order valence-electron chi connectivity index (χ2n) is 2.90. The van der Waals surface area contributed by atoms with E-state index < -0.39 is 6.10 Å². The lowest BCUT2D eigenvalue weighted by molar-refractivity contribution is 0.159. The number of hydrogen-bond acceptors (Lipinski definition) is 6. The molecule has 84 valence electrons. The molecule has 1 unspecified atom stereocenters. The van der Waals surface area contributed by atoms with Gasteiger partial charge in [-0.3, -0.25) is 0 Å². The molecule has 1 heterocycles. The summed E-state index contributed by atoms with van der Waals surface area (Å²) in [6.07, 6.45) is 1.08. The van der Waals surface area contributed by atoms with Crippen LogP contribution in [0.4, 0.5) is 0 Å². The molecule has 0 aliphatic heterocycles. The van der Waals surface area contributed by atoms with Gasteiger partial charge in [0.15, 0.2) is 0 Å². The smallest absolute Gasteiger partial charge is 0.241 e. The maximum absolute atomic E-state index is 9.69. The van der Waals surface area contributed by atoms with E-state index in [1.807, 2.05) is 0 Å². The third-order valence-electron chi connectivity index (χ3n) is 1.90. The Morgan fingerprint density at radius 3 is 2.73 bits per heavy atom. The van der Waals surface area contributed by atoms with E-state index in [9.17, 15) is 5.11 Å². The third-order valence-corrected chi connectivity index (χ3v) is 1.90. The summed E-state index contributed by atoms with van der Waals surface area (Å²) in [5, 5.41) is 9.69. The molecule has 0 bridgehead atoms. The Morgan fingerprint density at radius 2 is 2.20 bits per heavy atom. The Hall–Kier alpha value is -1.40. The highest BCUT2D eigenvalue weighted by Gasteiger charge is 2.16. The summed E-state index contributed by atoms with van der Waals surface area (Å²) >= 11 is 0. The van der Waals surface area contributed by atoms with E-state index in [1.165, 1.54) is 20.4 Å². The molecule has 1 aromatic heterocycles. The van der Waals surface area contributed by atoms with E-state index in [0.29, 0.717) is 24.5 Å². The first-order chi connectivity index (χ1) is 7.22. The van der Waals surface area contributed by atoms with Crippen LogP contribution in [0, 0.1) is 0 Å². The van der Waals surface area contributed by atoms with Gasteiger partial charge in [-0.2, -0.15) is 4.98 Å². The van der Waals surface area contributed by atoms with Crippen molar-refractivity contribution in [1.29, 1.82) is 0 Å². The number of nitrogens with two attached hydrogens (primary N) is 1. The van der Waals surface area contributed by atoms with Gasteiger partial charge < -0.3 is 20.3 Å². The van der Waals surface area contributed by atoms with Crippen molar-refractivity contribution in [2.24, 2.45) is 5.73 Å². The molecular formula is C9H15N3O3. The molecule has 15 heavy (non-hydrogen) atoms. The highest BCUT2D eigenvalue weighted by atomic mass is 16.5. The average molecular weight is 213 g/mol. The van der Waals surface area contributed by atoms with Crippen LogP contribution in [0.15, 0.2) is 6.20 Å². The number of nitrogens with zero attached hydrogens (tertiary/aromatic N) is 2. The fraction of sp³-hybridized carbons (Fsp3) is 0.556. The van der Waals surface area contributed by atoms with Gasteiger partial charge in [0.05, 0.1) is 20.4 Å². The molecule has 3 N–H and O–H groups in total. The predicted octanol–water partition coefficient (Wildman–Crippen LogP) is -0.124. The molecule has 0 fully saturated rings. The highest BCUT2D eigenvalue weighted by molar-refractivity contribution is 5.24. The minimum absolute atomic E-state index is 0.260. The number of ether oxygens (including phenoxy) is 2. The zero-order valence-electron chi connectivity index (χ0n) is 8.80. The van der Waals surface area contributed by atoms with Crippen LogP contribution < -0.4 is 15.2 Å². The Labute approximate surface area is 88.1 Å². The maximum Gasteiger partial charge on any atom is 0.241 e. The fourth-order valence-corrected chi connectivity index (χ4v) is 1.14. The van der Waals surface area contributed by atoms with Gasteiger partial charge >= 0.3 is 0 Å². The van der Waals surface area contributed by atoms with Gasteiger partial charge in [-0.15, -0.1) is 0 Å². The fourth-order valence-electron chi connectivity index (χ4n) is 1.14. The molecule has 0 aromatic carbocycles. The number of aromatic nitrogens is 2. The zero-order valence-corrected chi connectivity index (χ0v) is 8.80. The number of aliphatic hydroxyl groups is 1. The monoisotopic (exact) mass is 213 g/mol. The lowest BCUT2D eigenvalue weighted by Crippen LogP contribution is -2.10. The van der Waals surface area contributed by atoms with E-state index in [0.717, 1.165) is 0 Å². The number of rotatable bonds is 5. The van der Waals surface area contributed by atoms with E-state index in [-0.39, 0.29) is 5.88 Å². The van der Waals surface area contributed by atoms with Crippen LogP contribution in [0.2, 0.25) is 0 Å². The van der Waals surface area contributed by atoms with Crippen molar-refractivity contribution < 1.29 is 14.6 Å². The summed E-state index contributed by atoms with van der Waals surface area (Å²) in [6, 6.07) is 0. The summed E-state index contributed by atoms with van der Waals surface area (Å²) in [6.45, 7) is 0.373. The first kappa shape index (κ1) is 11.7. The Bertz CT molecular complexity index is 319. The van der Waals surface area contributed by atoms with E-state index in [1.54, 1.807) is 0 Å². The molecule has 0 radical (unpaired) electrons. The lowest BCUT2D eigenvalue weighted by atomic mass is 10.2. The first-order valence-electron chi connectivity index (χ1n) is 4.56. The topological polar surface area (TPSA) is 90.5 Å². The molecule has 1 aromatic rings. The molecular weight excluding hydrogens is 198 g/mol. The average Bonchev–Trinajstić information content (AvgIpc) is 2.28. The second kappa shape index (κ2) is 5.47. The minimum atomic E-state index is -0.761. The molecule has 6 nitrogen and oxygen atoms in total. The molecule has 0 saturated carbocycles. The van der Waals surface area contributed by atoms with Crippen LogP contribution in [0.25, 0.3) is 0 Å². The number of methoxy groups -OCH3 is 2. The summed E-state index contributed by atoms with van der Waals surface area (Å²) in [7, 11) is 2.95. The van der Waals surface area contributed by atoms with Crippen molar-refractivity contribution in [3.63, 3.8) is 0 Å². The van der Waals surface area contributed by atoms with Gasteiger partial charge in [-0.05, 0) is 13.0 Å². The van der Waals surface area contributed by atoms with Crippen molar-refractivity contribution in [3.8, 4) is 11.8 Å². The largest absolute Gasteiger partial charge is 0.480 e. The SMILES string of the molecule is COc1cnc(C(O)CCN)c(OC)n1. The molecule has 0 aliphatic carbocycles. The van der Waals surface area contributed by atoms with Gasteiger partial charge in [0, 0.05) is 0 Å². The lowest BCUT2D eigenvalue weighted by Gasteiger charge is -2.12. The van der Waals surface area contributed by atoms with Gasteiger partial charge in [-0.1, -0.05) is 0 Å². The van der Waals surface area contributed by atoms with E-state index >= 15 is 0 Å². The van der Waals surface area contributed by atoms with Crippen molar-refractivity contribution in [2.75, 3.05) is 20.8 Å². The Kier molecular flexibility index (Phi) is 4.26. The molecule has 1 atom stereocenters. The summed E-state index contributed by atoms with van der Waals surface area (Å²) < 4.78 is 9.89. The van der Waals surface area contributed by atoms with Gasteiger partial charge in [0.1, 0.15) is 11.8 Å². The minimum Gasteiger partial charge on any atom is -0.480 e. The second-order valence-corrected chi connectivity index (χ2v) is 2.90. The van der Waals surface area contributed by atoms with Crippen LogP contribution >= 0.6 is 0 Å². The Morgan fingerprint density at radius 1 is 1.47 bits per heavy atom. The van der Waals surface area contributed by atoms with Crippen LogP contribution in [-0.4, -0.2) is 35.8 Å². The Balaban J connectivity index is 2.96. The van der Waals surface area contributed by atoms with Gasteiger partial charge in [-0.25, -0.2) is 4.98 Å². The molecule has 0 saturated heterocycles. The molecule has 0 aliphatic rings. The van der Waals surface area contributed by atoms with E-state index in [4.69, 9.17) is 15.2 Å². The van der Waals surface area contributed by atoms with Crippen LogP contribution in [0.5, 0.6) is 11.8 Å². The molecule has 0 amide bonds. The number of aliphatic hydroxyl groups excluding tert-OH is 1.